The Labute approximate surface area is 164 Å². The number of carbonyl (C=O) groups excluding carboxylic acids is 2. The molecule has 142 valence electrons. The predicted octanol–water partition coefficient (Wildman–Crippen LogP) is 4.19. The number of hydrogen-bond acceptors (Lipinski definition) is 5. The third-order valence-corrected chi connectivity index (χ3v) is 5.78. The lowest BCUT2D eigenvalue weighted by Crippen LogP contribution is -2.40. The van der Waals surface area contributed by atoms with Crippen LogP contribution in [0.25, 0.3) is 0 Å². The van der Waals surface area contributed by atoms with E-state index in [2.05, 4.69) is 25.4 Å². The molecule has 1 aromatic carbocycles. The second-order valence-corrected chi connectivity index (χ2v) is 8.28. The molecule has 5 nitrogen and oxygen atoms in total. The van der Waals surface area contributed by atoms with Crippen molar-refractivity contribution < 1.29 is 14.3 Å². The van der Waals surface area contributed by atoms with Crippen molar-refractivity contribution in [1.29, 1.82) is 0 Å². The molecule has 3 rings (SSSR count). The Balaban J connectivity index is 2.08. The third-order valence-electron chi connectivity index (χ3n) is 4.73. The fourth-order valence-corrected chi connectivity index (χ4v) is 4.28. The number of nitrogens with zero attached hydrogens (tertiary/aromatic N) is 2. The zero-order valence-corrected chi connectivity index (χ0v) is 16.9. The van der Waals surface area contributed by atoms with Gasteiger partial charge in [0.15, 0.2) is 5.17 Å². The Bertz CT molecular complexity index is 839. The molecule has 6 heteroatoms. The van der Waals surface area contributed by atoms with E-state index in [1.807, 2.05) is 31.2 Å². The van der Waals surface area contributed by atoms with Crippen molar-refractivity contribution in [2.24, 2.45) is 4.99 Å². The highest BCUT2D eigenvalue weighted by molar-refractivity contribution is 8.15. The molecule has 1 saturated heterocycles. The molecule has 2 aliphatic heterocycles. The standard InChI is InChI=1S/C21H24N2O3S/c1-6-11-26-20(25)17-13(4)22-21-23(19(24)14(5)27-21)18(17)16-9-7-15(8-10-16)12(2)3/h6-10,12,14,18H,1,11H2,2-5H3/t14-,18-/m0/s1. The lowest BCUT2D eigenvalue weighted by molar-refractivity contribution is -0.139. The topological polar surface area (TPSA) is 59.0 Å². The molecule has 0 saturated carbocycles. The van der Waals surface area contributed by atoms with Crippen LogP contribution in [0.5, 0.6) is 0 Å². The van der Waals surface area contributed by atoms with Gasteiger partial charge in [0, 0.05) is 0 Å². The first-order chi connectivity index (χ1) is 12.8. The van der Waals surface area contributed by atoms with Crippen molar-refractivity contribution in [2.75, 3.05) is 6.61 Å². The van der Waals surface area contributed by atoms with Gasteiger partial charge >= 0.3 is 5.97 Å². The van der Waals surface area contributed by atoms with Crippen molar-refractivity contribution >= 4 is 28.8 Å². The number of ether oxygens (including phenoxy) is 1. The van der Waals surface area contributed by atoms with Crippen molar-refractivity contribution in [2.45, 2.75) is 44.9 Å². The average molecular weight is 385 g/mol. The maximum absolute atomic E-state index is 12.8. The van der Waals surface area contributed by atoms with E-state index < -0.39 is 12.0 Å². The van der Waals surface area contributed by atoms with E-state index in [1.165, 1.54) is 23.4 Å². The lowest BCUT2D eigenvalue weighted by atomic mass is 9.92. The maximum atomic E-state index is 12.8. The summed E-state index contributed by atoms with van der Waals surface area (Å²) >= 11 is 1.42. The van der Waals surface area contributed by atoms with Crippen LogP contribution in [0.4, 0.5) is 0 Å². The summed E-state index contributed by atoms with van der Waals surface area (Å²) in [6.07, 6.45) is 1.52. The van der Waals surface area contributed by atoms with E-state index in [0.29, 0.717) is 22.4 Å². The Kier molecular flexibility index (Phi) is 5.56. The fraction of sp³-hybridized carbons (Fsp3) is 0.381. The zero-order valence-electron chi connectivity index (χ0n) is 16.1. The Morgan fingerprint density at radius 2 is 2.04 bits per heavy atom. The second kappa shape index (κ2) is 7.72. The molecule has 1 fully saturated rings. The number of benzene rings is 1. The van der Waals surface area contributed by atoms with Gasteiger partial charge < -0.3 is 4.74 Å². The molecule has 27 heavy (non-hydrogen) atoms. The molecule has 0 N–H and O–H groups in total. The summed E-state index contributed by atoms with van der Waals surface area (Å²) in [6, 6.07) is 7.53. The van der Waals surface area contributed by atoms with Crippen molar-refractivity contribution in [3.63, 3.8) is 0 Å². The molecule has 0 bridgehead atoms. The number of amides is 1. The number of aliphatic imine (C=N–C) groups is 1. The SMILES string of the molecule is C=CCOC(=O)C1=C(C)N=C2S[C@@H](C)C(=O)N2[C@H]1c1ccc(C(C)C)cc1. The zero-order chi connectivity index (χ0) is 19.7. The molecule has 0 radical (unpaired) electrons. The first-order valence-corrected chi connectivity index (χ1v) is 9.90. The minimum Gasteiger partial charge on any atom is -0.458 e. The van der Waals surface area contributed by atoms with Crippen molar-refractivity contribution in [1.82, 2.24) is 4.90 Å². The predicted molar refractivity (Wildman–Crippen MR) is 108 cm³/mol. The summed E-state index contributed by atoms with van der Waals surface area (Å²) in [5.74, 6) is -0.107. The number of carbonyl (C=O) groups is 2. The van der Waals surface area contributed by atoms with Crippen LogP contribution >= 0.6 is 11.8 Å². The smallest absolute Gasteiger partial charge is 0.338 e. The number of fused-ring (bicyclic) bond motifs is 1. The summed E-state index contributed by atoms with van der Waals surface area (Å²) in [7, 11) is 0. The average Bonchev–Trinajstić information content (AvgIpc) is 2.92. The van der Waals surface area contributed by atoms with Gasteiger partial charge in [0.2, 0.25) is 5.91 Å². The molecule has 1 aromatic rings. The molecule has 2 atom stereocenters. The first kappa shape index (κ1) is 19.4. The molecular weight excluding hydrogens is 360 g/mol. The fourth-order valence-electron chi connectivity index (χ4n) is 3.25. The number of allylic oxidation sites excluding steroid dienone is 1. The highest BCUT2D eigenvalue weighted by Crippen LogP contribution is 2.43. The number of amidine groups is 1. The quantitative estimate of drug-likeness (QED) is 0.564. The first-order valence-electron chi connectivity index (χ1n) is 9.02. The summed E-state index contributed by atoms with van der Waals surface area (Å²) in [5.41, 5.74) is 3.07. The number of hydrogen-bond donors (Lipinski definition) is 0. The molecule has 2 heterocycles. The monoisotopic (exact) mass is 384 g/mol. The highest BCUT2D eigenvalue weighted by Gasteiger charge is 2.46. The second-order valence-electron chi connectivity index (χ2n) is 6.97. The van der Waals surface area contributed by atoms with Crippen LogP contribution < -0.4 is 0 Å². The van der Waals surface area contributed by atoms with Gasteiger partial charge in [-0.15, -0.1) is 0 Å². The van der Waals surface area contributed by atoms with Gasteiger partial charge in [-0.3, -0.25) is 9.69 Å². The van der Waals surface area contributed by atoms with E-state index in [1.54, 1.807) is 11.8 Å². The summed E-state index contributed by atoms with van der Waals surface area (Å²) in [4.78, 5) is 31.7. The Morgan fingerprint density at radius 1 is 1.37 bits per heavy atom. The minimum atomic E-state index is -0.527. The van der Waals surface area contributed by atoms with Gasteiger partial charge in [0.1, 0.15) is 6.61 Å². The van der Waals surface area contributed by atoms with Gasteiger partial charge in [-0.05, 0) is 30.9 Å². The van der Waals surface area contributed by atoms with Crippen LogP contribution in [0.3, 0.4) is 0 Å². The van der Waals surface area contributed by atoms with Gasteiger partial charge in [-0.25, -0.2) is 9.79 Å². The number of esters is 1. The summed E-state index contributed by atoms with van der Waals surface area (Å²) in [5, 5.41) is 0.417. The van der Waals surface area contributed by atoms with E-state index in [0.717, 1.165) is 5.56 Å². The molecule has 0 unspecified atom stereocenters. The maximum Gasteiger partial charge on any atom is 0.338 e. The van der Waals surface area contributed by atoms with Crippen LogP contribution in [-0.2, 0) is 14.3 Å². The molecule has 2 aliphatic rings. The molecule has 0 spiro atoms. The van der Waals surface area contributed by atoms with Gasteiger partial charge in [-0.2, -0.15) is 0 Å². The van der Waals surface area contributed by atoms with Crippen LogP contribution in [-0.4, -0.2) is 33.8 Å². The summed E-state index contributed by atoms with van der Waals surface area (Å²) in [6.45, 7) is 11.6. The summed E-state index contributed by atoms with van der Waals surface area (Å²) < 4.78 is 5.30. The third kappa shape index (κ3) is 3.58. The minimum absolute atomic E-state index is 0.0433. The lowest BCUT2D eigenvalue weighted by Gasteiger charge is -2.33. The largest absolute Gasteiger partial charge is 0.458 e. The van der Waals surface area contributed by atoms with E-state index in [9.17, 15) is 9.59 Å². The normalized spacial score (nSPS) is 22.0. The van der Waals surface area contributed by atoms with Gasteiger partial charge in [0.05, 0.1) is 22.6 Å². The van der Waals surface area contributed by atoms with Crippen LogP contribution in [0.2, 0.25) is 0 Å². The van der Waals surface area contributed by atoms with Crippen LogP contribution in [0, 0.1) is 0 Å². The van der Waals surface area contributed by atoms with Crippen LogP contribution in [0.1, 0.15) is 50.8 Å². The van der Waals surface area contributed by atoms with E-state index in [-0.39, 0.29) is 17.8 Å². The van der Waals surface area contributed by atoms with Crippen molar-refractivity contribution in [3.05, 3.63) is 59.3 Å². The number of rotatable bonds is 5. The van der Waals surface area contributed by atoms with Gasteiger partial charge in [0.25, 0.3) is 0 Å². The van der Waals surface area contributed by atoms with Crippen LogP contribution in [0.15, 0.2) is 53.2 Å². The van der Waals surface area contributed by atoms with E-state index in [4.69, 9.17) is 4.74 Å². The molecule has 0 aliphatic carbocycles. The Morgan fingerprint density at radius 3 is 2.63 bits per heavy atom. The van der Waals surface area contributed by atoms with E-state index >= 15 is 0 Å². The van der Waals surface area contributed by atoms with Crippen molar-refractivity contribution in [3.8, 4) is 0 Å². The number of thioether (sulfide) groups is 1. The Hall–Kier alpha value is -2.34. The molecular formula is C21H24N2O3S. The molecule has 0 aromatic heterocycles. The molecule has 1 amide bonds. The highest BCUT2D eigenvalue weighted by atomic mass is 32.2. The van der Waals surface area contributed by atoms with Gasteiger partial charge in [-0.1, -0.05) is 62.5 Å².